The standard InChI is InChI=1S/C16H16N2.2ClH.Pd/c1-9-7-17-15-13(11(9)3)5-6-14-12(4)10(2)8-18-16(14)15;;;/h5-8H,1-4H3;2*1H;/q;;;+2/p-2. The zero-order chi connectivity index (χ0) is 15.6. The molecule has 0 aliphatic carbocycles. The molecule has 0 atom stereocenters. The van der Waals surface area contributed by atoms with E-state index in [1.54, 1.807) is 0 Å². The molecule has 5 heteroatoms. The monoisotopic (exact) mass is 412 g/mol. The van der Waals surface area contributed by atoms with Crippen LogP contribution >= 0.6 is 19.1 Å². The van der Waals surface area contributed by atoms with Gasteiger partial charge >= 0.3 is 35.0 Å². The molecule has 1 aromatic carbocycles. The van der Waals surface area contributed by atoms with Gasteiger partial charge in [-0.15, -0.1) is 0 Å². The number of rotatable bonds is 0. The van der Waals surface area contributed by atoms with E-state index in [0.29, 0.717) is 0 Å². The van der Waals surface area contributed by atoms with Crippen molar-refractivity contribution in [2.45, 2.75) is 27.7 Å². The van der Waals surface area contributed by atoms with Crippen LogP contribution in [0.5, 0.6) is 0 Å². The second-order valence-electron chi connectivity index (χ2n) is 5.04. The zero-order valence-electron chi connectivity index (χ0n) is 12.3. The molecule has 0 unspecified atom stereocenters. The van der Waals surface area contributed by atoms with E-state index in [0.717, 1.165) is 11.0 Å². The van der Waals surface area contributed by atoms with Crippen LogP contribution in [0, 0.1) is 27.7 Å². The molecular formula is C16H16Cl2N2Pd. The van der Waals surface area contributed by atoms with Gasteiger partial charge in [-0.1, -0.05) is 12.1 Å². The van der Waals surface area contributed by atoms with Crippen molar-refractivity contribution in [2.24, 2.45) is 0 Å². The molecule has 3 rings (SSSR count). The second kappa shape index (κ2) is 7.03. The summed E-state index contributed by atoms with van der Waals surface area (Å²) in [5.74, 6) is 0. The zero-order valence-corrected chi connectivity index (χ0v) is 15.3. The Labute approximate surface area is 141 Å². The average molecular weight is 414 g/mol. The normalized spacial score (nSPS) is 10.8. The summed E-state index contributed by atoms with van der Waals surface area (Å²) in [4.78, 5) is 9.16. The molecule has 114 valence electrons. The topological polar surface area (TPSA) is 25.8 Å². The van der Waals surface area contributed by atoms with Gasteiger partial charge in [-0.25, -0.2) is 0 Å². The summed E-state index contributed by atoms with van der Waals surface area (Å²) >= 11 is -0.106. The van der Waals surface area contributed by atoms with Crippen molar-refractivity contribution in [3.8, 4) is 0 Å². The van der Waals surface area contributed by atoms with Crippen LogP contribution < -0.4 is 0 Å². The third kappa shape index (κ3) is 3.22. The SMILES string of the molecule is Cc1cnc2c(ccc3c(C)c(C)cnc32)c1C.[Cl][Pd][Cl]. The Morgan fingerprint density at radius 2 is 1.10 bits per heavy atom. The van der Waals surface area contributed by atoms with E-state index in [2.05, 4.69) is 49.8 Å². The van der Waals surface area contributed by atoms with Crippen LogP contribution in [0.25, 0.3) is 21.8 Å². The Bertz CT molecular complexity index is 736. The molecule has 0 radical (unpaired) electrons. The molecule has 3 aromatic rings. The van der Waals surface area contributed by atoms with Crippen LogP contribution in [-0.2, 0) is 15.9 Å². The first kappa shape index (κ1) is 16.6. The molecule has 0 spiro atoms. The van der Waals surface area contributed by atoms with E-state index in [1.807, 2.05) is 12.4 Å². The summed E-state index contributed by atoms with van der Waals surface area (Å²) in [6, 6.07) is 4.34. The van der Waals surface area contributed by atoms with Gasteiger partial charge in [-0.2, -0.15) is 0 Å². The molecule has 0 fully saturated rings. The maximum atomic E-state index is 4.81. The van der Waals surface area contributed by atoms with Crippen LogP contribution in [0.2, 0.25) is 0 Å². The van der Waals surface area contributed by atoms with Crippen molar-refractivity contribution in [3.63, 3.8) is 0 Å². The van der Waals surface area contributed by atoms with E-state index in [1.165, 1.54) is 33.0 Å². The van der Waals surface area contributed by atoms with Gasteiger partial charge in [0.1, 0.15) is 0 Å². The first-order valence-electron chi connectivity index (χ1n) is 6.44. The van der Waals surface area contributed by atoms with E-state index in [4.69, 9.17) is 19.1 Å². The summed E-state index contributed by atoms with van der Waals surface area (Å²) in [5.41, 5.74) is 7.07. The Morgan fingerprint density at radius 3 is 1.43 bits per heavy atom. The van der Waals surface area contributed by atoms with Crippen LogP contribution in [0.4, 0.5) is 0 Å². The quantitative estimate of drug-likeness (QED) is 0.365. The van der Waals surface area contributed by atoms with Crippen LogP contribution in [0.3, 0.4) is 0 Å². The number of aromatic nitrogens is 2. The molecule has 0 amide bonds. The van der Waals surface area contributed by atoms with Crippen molar-refractivity contribution < 1.29 is 15.9 Å². The number of nitrogens with zero attached hydrogens (tertiary/aromatic N) is 2. The van der Waals surface area contributed by atoms with Crippen LogP contribution in [0.15, 0.2) is 24.5 Å². The van der Waals surface area contributed by atoms with Crippen molar-refractivity contribution in [3.05, 3.63) is 46.8 Å². The van der Waals surface area contributed by atoms with E-state index in [-0.39, 0.29) is 15.9 Å². The fourth-order valence-electron chi connectivity index (χ4n) is 2.39. The third-order valence-corrected chi connectivity index (χ3v) is 3.92. The van der Waals surface area contributed by atoms with Gasteiger partial charge in [-0.3, -0.25) is 9.97 Å². The average Bonchev–Trinajstić information content (AvgIpc) is 2.47. The molecule has 0 bridgehead atoms. The molecule has 21 heavy (non-hydrogen) atoms. The molecule has 2 heterocycles. The first-order valence-corrected chi connectivity index (χ1v) is 10.4. The van der Waals surface area contributed by atoms with E-state index in [9.17, 15) is 0 Å². The van der Waals surface area contributed by atoms with Gasteiger partial charge in [0.2, 0.25) is 0 Å². The molecule has 2 nitrogen and oxygen atoms in total. The van der Waals surface area contributed by atoms with Gasteiger partial charge in [0.05, 0.1) is 11.0 Å². The predicted octanol–water partition coefficient (Wildman–Crippen LogP) is 5.39. The summed E-state index contributed by atoms with van der Waals surface area (Å²) in [6.07, 6.45) is 3.88. The van der Waals surface area contributed by atoms with Crippen molar-refractivity contribution in [2.75, 3.05) is 0 Å². The van der Waals surface area contributed by atoms with E-state index < -0.39 is 0 Å². The summed E-state index contributed by atoms with van der Waals surface area (Å²) in [7, 11) is 9.63. The van der Waals surface area contributed by atoms with Gasteiger partial charge in [0.25, 0.3) is 0 Å². The molecule has 2 aromatic heterocycles. The Morgan fingerprint density at radius 1 is 0.762 bits per heavy atom. The Hall–Kier alpha value is -0.718. The first-order chi connectivity index (χ1) is 10.0. The molecule has 0 aliphatic rings. The van der Waals surface area contributed by atoms with E-state index >= 15 is 0 Å². The molecule has 0 saturated heterocycles. The Balaban J connectivity index is 0.000000497. The number of benzene rings is 1. The number of fused-ring (bicyclic) bond motifs is 3. The number of halogens is 2. The van der Waals surface area contributed by atoms with Crippen molar-refractivity contribution in [1.29, 1.82) is 0 Å². The molecule has 0 aliphatic heterocycles. The number of aryl methyl sites for hydroxylation is 4. The van der Waals surface area contributed by atoms with Crippen molar-refractivity contribution >= 4 is 40.9 Å². The summed E-state index contributed by atoms with van der Waals surface area (Å²) in [6.45, 7) is 8.48. The van der Waals surface area contributed by atoms with Crippen LogP contribution in [-0.4, -0.2) is 9.97 Å². The third-order valence-electron chi connectivity index (χ3n) is 3.92. The maximum absolute atomic E-state index is 4.81. The van der Waals surface area contributed by atoms with Gasteiger partial charge in [-0.05, 0) is 49.9 Å². The predicted molar refractivity (Wildman–Crippen MR) is 87.7 cm³/mol. The minimum atomic E-state index is -0.106. The van der Waals surface area contributed by atoms with Gasteiger partial charge < -0.3 is 0 Å². The van der Waals surface area contributed by atoms with Crippen LogP contribution in [0.1, 0.15) is 22.3 Å². The molecule has 0 saturated carbocycles. The molecular weight excluding hydrogens is 398 g/mol. The summed E-state index contributed by atoms with van der Waals surface area (Å²) in [5, 5.41) is 2.41. The second-order valence-corrected chi connectivity index (χ2v) is 7.40. The van der Waals surface area contributed by atoms with Gasteiger partial charge in [0.15, 0.2) is 0 Å². The minimum absolute atomic E-state index is 0.106. The Kier molecular flexibility index (Phi) is 5.57. The van der Waals surface area contributed by atoms with Gasteiger partial charge in [0, 0.05) is 23.2 Å². The fourth-order valence-corrected chi connectivity index (χ4v) is 2.39. The number of hydrogen-bond acceptors (Lipinski definition) is 2. The molecule has 0 N–H and O–H groups in total. The fraction of sp³-hybridized carbons (Fsp3) is 0.250. The summed E-state index contributed by atoms with van der Waals surface area (Å²) < 4.78 is 0. The number of hydrogen-bond donors (Lipinski definition) is 0. The van der Waals surface area contributed by atoms with Crippen molar-refractivity contribution in [1.82, 2.24) is 9.97 Å². The number of pyridine rings is 2.